The Bertz CT molecular complexity index is 1010. The third-order valence-corrected chi connectivity index (χ3v) is 6.99. The minimum atomic E-state index is -1.84. The van der Waals surface area contributed by atoms with Crippen molar-refractivity contribution in [3.8, 4) is 0 Å². The molecule has 0 saturated carbocycles. The molecule has 170 valence electrons. The number of carbonyl (C=O) groups excluding carboxylic acids is 2. The van der Waals surface area contributed by atoms with Crippen molar-refractivity contribution < 1.29 is 14.7 Å². The van der Waals surface area contributed by atoms with E-state index in [1.807, 2.05) is 30.3 Å². The summed E-state index contributed by atoms with van der Waals surface area (Å²) in [7, 11) is 0. The predicted octanol–water partition coefficient (Wildman–Crippen LogP) is 4.62. The normalized spacial score (nSPS) is 24.0. The summed E-state index contributed by atoms with van der Waals surface area (Å²) < 4.78 is 0. The van der Waals surface area contributed by atoms with E-state index in [2.05, 4.69) is 32.6 Å². The number of nitrogens with zero attached hydrogens (tertiary/aromatic N) is 2. The second-order valence-electron chi connectivity index (χ2n) is 10.3. The number of likely N-dealkylation sites (tertiary alicyclic amines) is 1. The number of Topliss-reactive ketones (excluding diaryl/α,β-unsaturated/α-hetero) is 1. The molecule has 0 radical (unpaired) electrons. The van der Waals surface area contributed by atoms with Gasteiger partial charge in [0.25, 0.3) is 5.91 Å². The second kappa shape index (κ2) is 8.45. The second-order valence-corrected chi connectivity index (χ2v) is 10.3. The smallest absolute Gasteiger partial charge is 0.265 e. The third kappa shape index (κ3) is 4.12. The number of piperidine rings is 1. The van der Waals surface area contributed by atoms with Gasteiger partial charge in [-0.25, -0.2) is 0 Å². The Morgan fingerprint density at radius 1 is 1.09 bits per heavy atom. The molecule has 32 heavy (non-hydrogen) atoms. The number of amides is 1. The lowest BCUT2D eigenvalue weighted by molar-refractivity contribution is -0.136. The molecule has 0 aromatic heterocycles. The van der Waals surface area contributed by atoms with Crippen LogP contribution in [0, 0.1) is 0 Å². The summed E-state index contributed by atoms with van der Waals surface area (Å²) in [6.45, 7) is 9.93. The molecule has 5 nitrogen and oxygen atoms in total. The Kier molecular flexibility index (Phi) is 5.99. The lowest BCUT2D eigenvalue weighted by Crippen LogP contribution is -2.49. The van der Waals surface area contributed by atoms with E-state index in [-0.39, 0.29) is 17.6 Å². The number of hydrogen-bond acceptors (Lipinski definition) is 4. The fourth-order valence-electron chi connectivity index (χ4n) is 4.86. The van der Waals surface area contributed by atoms with Gasteiger partial charge >= 0.3 is 0 Å². The summed E-state index contributed by atoms with van der Waals surface area (Å²) in [5.41, 5.74) is 1.03. The summed E-state index contributed by atoms with van der Waals surface area (Å²) in [5, 5.41) is 11.6. The van der Waals surface area contributed by atoms with Gasteiger partial charge in [-0.1, -0.05) is 69.7 Å². The van der Waals surface area contributed by atoms with Crippen LogP contribution in [0.1, 0.15) is 74.9 Å². The number of carbonyl (C=O) groups is 2. The summed E-state index contributed by atoms with van der Waals surface area (Å²) in [4.78, 5) is 30.6. The molecule has 2 atom stereocenters. The number of para-hydroxylation sites is 1. The maximum atomic E-state index is 13.5. The van der Waals surface area contributed by atoms with E-state index < -0.39 is 11.5 Å². The van der Waals surface area contributed by atoms with Crippen molar-refractivity contribution in [2.24, 2.45) is 0 Å². The van der Waals surface area contributed by atoms with E-state index in [4.69, 9.17) is 0 Å². The Morgan fingerprint density at radius 3 is 2.44 bits per heavy atom. The number of fused-ring (bicyclic) bond motifs is 1. The van der Waals surface area contributed by atoms with Gasteiger partial charge in [0, 0.05) is 23.7 Å². The first kappa shape index (κ1) is 22.7. The van der Waals surface area contributed by atoms with Gasteiger partial charge in [-0.15, -0.1) is 0 Å². The van der Waals surface area contributed by atoms with Crippen LogP contribution >= 0.6 is 0 Å². The number of benzene rings is 2. The Hall–Kier alpha value is -2.50. The minimum absolute atomic E-state index is 0.00771. The van der Waals surface area contributed by atoms with Crippen LogP contribution in [0.15, 0.2) is 48.5 Å². The first-order chi connectivity index (χ1) is 15.1. The van der Waals surface area contributed by atoms with Crippen molar-refractivity contribution in [1.29, 1.82) is 0 Å². The highest BCUT2D eigenvalue weighted by Gasteiger charge is 2.51. The van der Waals surface area contributed by atoms with Gasteiger partial charge in [0.15, 0.2) is 11.4 Å². The Morgan fingerprint density at radius 2 is 1.78 bits per heavy atom. The van der Waals surface area contributed by atoms with Crippen molar-refractivity contribution in [2.45, 2.75) is 70.4 Å². The van der Waals surface area contributed by atoms with Gasteiger partial charge < -0.3 is 5.11 Å². The van der Waals surface area contributed by atoms with Crippen molar-refractivity contribution in [3.63, 3.8) is 0 Å². The topological polar surface area (TPSA) is 60.9 Å². The molecule has 0 spiro atoms. The van der Waals surface area contributed by atoms with Crippen LogP contribution in [0.5, 0.6) is 0 Å². The van der Waals surface area contributed by atoms with Gasteiger partial charge in [-0.05, 0) is 36.8 Å². The standard InChI is InChI=1S/C27H34N2O3/c1-19-9-7-8-16-28(19)18-29-23-11-6-5-10-22(23)27(32,25(29)31)17-24(30)20-12-14-21(15-13-20)26(2,3)4/h5-6,10-15,19,32H,7-9,16-18H2,1-4H3. The first-order valence-electron chi connectivity index (χ1n) is 11.6. The molecule has 2 unspecified atom stereocenters. The molecule has 0 aliphatic carbocycles. The van der Waals surface area contributed by atoms with Crippen LogP contribution in [0.4, 0.5) is 5.69 Å². The van der Waals surface area contributed by atoms with Crippen LogP contribution in [-0.4, -0.2) is 41.0 Å². The minimum Gasteiger partial charge on any atom is -0.375 e. The van der Waals surface area contributed by atoms with Gasteiger partial charge in [-0.3, -0.25) is 19.4 Å². The molecule has 4 rings (SSSR count). The zero-order valence-corrected chi connectivity index (χ0v) is 19.6. The van der Waals surface area contributed by atoms with Gasteiger partial charge in [-0.2, -0.15) is 0 Å². The first-order valence-corrected chi connectivity index (χ1v) is 11.6. The van der Waals surface area contributed by atoms with Gasteiger partial charge in [0.2, 0.25) is 0 Å². The van der Waals surface area contributed by atoms with Crippen LogP contribution in [-0.2, 0) is 15.8 Å². The average molecular weight is 435 g/mol. The van der Waals surface area contributed by atoms with E-state index >= 15 is 0 Å². The molecular weight excluding hydrogens is 400 g/mol. The highest BCUT2D eigenvalue weighted by atomic mass is 16.3. The summed E-state index contributed by atoms with van der Waals surface area (Å²) in [5.74, 6) is -0.638. The number of aliphatic hydroxyl groups is 1. The number of hydrogen-bond donors (Lipinski definition) is 1. The summed E-state index contributed by atoms with van der Waals surface area (Å²) >= 11 is 0. The molecule has 1 fully saturated rings. The predicted molar refractivity (Wildman–Crippen MR) is 127 cm³/mol. The molecule has 2 aromatic carbocycles. The van der Waals surface area contributed by atoms with E-state index in [1.165, 1.54) is 6.42 Å². The van der Waals surface area contributed by atoms with E-state index in [0.717, 1.165) is 24.9 Å². The van der Waals surface area contributed by atoms with Crippen LogP contribution in [0.3, 0.4) is 0 Å². The van der Waals surface area contributed by atoms with Crippen molar-refractivity contribution >= 4 is 17.4 Å². The maximum Gasteiger partial charge on any atom is 0.265 e. The van der Waals surface area contributed by atoms with E-state index in [9.17, 15) is 14.7 Å². The SMILES string of the molecule is CC1CCCCN1CN1C(=O)C(O)(CC(=O)c2ccc(C(C)(C)C)cc2)c2ccccc21. The van der Waals surface area contributed by atoms with Crippen molar-refractivity contribution in [3.05, 3.63) is 65.2 Å². The summed E-state index contributed by atoms with van der Waals surface area (Å²) in [6, 6.07) is 15.2. The molecule has 2 heterocycles. The molecule has 0 bridgehead atoms. The lowest BCUT2D eigenvalue weighted by atomic mass is 9.85. The average Bonchev–Trinajstić information content (AvgIpc) is 2.97. The highest BCUT2D eigenvalue weighted by Crippen LogP contribution is 2.43. The molecule has 5 heteroatoms. The quantitative estimate of drug-likeness (QED) is 0.698. The van der Waals surface area contributed by atoms with Crippen LogP contribution < -0.4 is 4.90 Å². The zero-order valence-electron chi connectivity index (χ0n) is 19.6. The molecule has 2 aliphatic rings. The fourth-order valence-corrected chi connectivity index (χ4v) is 4.86. The summed E-state index contributed by atoms with van der Waals surface area (Å²) in [6.07, 6.45) is 3.16. The van der Waals surface area contributed by atoms with E-state index in [1.54, 1.807) is 23.1 Å². The highest BCUT2D eigenvalue weighted by molar-refractivity contribution is 6.10. The van der Waals surface area contributed by atoms with Crippen molar-refractivity contribution in [1.82, 2.24) is 4.90 Å². The maximum absolute atomic E-state index is 13.5. The monoisotopic (exact) mass is 434 g/mol. The van der Waals surface area contributed by atoms with Gasteiger partial charge in [0.05, 0.1) is 18.8 Å². The fraction of sp³-hybridized carbons (Fsp3) is 0.481. The largest absolute Gasteiger partial charge is 0.375 e. The molecule has 2 aromatic rings. The zero-order chi connectivity index (χ0) is 23.1. The molecular formula is C27H34N2O3. The van der Waals surface area contributed by atoms with Gasteiger partial charge in [0.1, 0.15) is 0 Å². The molecule has 2 aliphatic heterocycles. The third-order valence-electron chi connectivity index (χ3n) is 6.99. The number of rotatable bonds is 5. The van der Waals surface area contributed by atoms with E-state index in [0.29, 0.717) is 29.5 Å². The number of anilines is 1. The molecule has 1 amide bonds. The van der Waals surface area contributed by atoms with Crippen molar-refractivity contribution in [2.75, 3.05) is 18.1 Å². The van der Waals surface area contributed by atoms with Crippen LogP contribution in [0.2, 0.25) is 0 Å². The number of ketones is 1. The Balaban J connectivity index is 1.59. The Labute approximate surface area is 191 Å². The van der Waals surface area contributed by atoms with Crippen LogP contribution in [0.25, 0.3) is 0 Å². The molecule has 1 N–H and O–H groups in total. The lowest BCUT2D eigenvalue weighted by Gasteiger charge is -2.36. The molecule has 1 saturated heterocycles.